The van der Waals surface area contributed by atoms with Gasteiger partial charge >= 0.3 is 0 Å². The molecule has 0 spiro atoms. The molecule has 2 N–H and O–H groups in total. The maximum atomic E-state index is 13.1. The Hall–Kier alpha value is -1.80. The summed E-state index contributed by atoms with van der Waals surface area (Å²) in [7, 11) is 0. The minimum atomic E-state index is -1.13. The minimum absolute atomic E-state index is 0.0675. The molecule has 1 atom stereocenters. The molecule has 27 heavy (non-hydrogen) atoms. The number of amides is 1. The summed E-state index contributed by atoms with van der Waals surface area (Å²) in [6, 6.07) is 7.27. The number of nitrogens with zero attached hydrogens (tertiary/aromatic N) is 4. The lowest BCUT2D eigenvalue weighted by molar-refractivity contribution is -0.00158. The van der Waals surface area contributed by atoms with Gasteiger partial charge in [0.25, 0.3) is 5.91 Å². The Morgan fingerprint density at radius 3 is 2.48 bits per heavy atom. The van der Waals surface area contributed by atoms with Crippen LogP contribution in [0.5, 0.6) is 0 Å². The number of imidazole rings is 1. The van der Waals surface area contributed by atoms with Crippen LogP contribution in [0.1, 0.15) is 35.8 Å². The van der Waals surface area contributed by atoms with Crippen LogP contribution in [-0.4, -0.2) is 56.6 Å². The Labute approximate surface area is 167 Å². The molecule has 2 heterocycles. The van der Waals surface area contributed by atoms with Crippen molar-refractivity contribution in [1.82, 2.24) is 14.5 Å². The van der Waals surface area contributed by atoms with Gasteiger partial charge in [0.1, 0.15) is 0 Å². The van der Waals surface area contributed by atoms with Crippen LogP contribution in [0.3, 0.4) is 0 Å². The van der Waals surface area contributed by atoms with E-state index in [1.54, 1.807) is 21.6 Å². The molecule has 9 heteroatoms. The molecule has 1 aliphatic rings. The normalized spacial score (nSPS) is 16.8. The topological polar surface area (TPSA) is 81.8 Å². The van der Waals surface area contributed by atoms with Crippen LogP contribution < -0.4 is 4.90 Å². The van der Waals surface area contributed by atoms with E-state index in [-0.39, 0.29) is 24.3 Å². The average Bonchev–Trinajstić information content (AvgIpc) is 2.97. The summed E-state index contributed by atoms with van der Waals surface area (Å²) in [5, 5.41) is 20.6. The number of aromatic nitrogens is 2. The first-order chi connectivity index (χ1) is 13.0. The molecule has 0 fully saturated rings. The van der Waals surface area contributed by atoms with Gasteiger partial charge in [-0.25, -0.2) is 0 Å². The van der Waals surface area contributed by atoms with Gasteiger partial charge < -0.3 is 19.7 Å². The van der Waals surface area contributed by atoms with E-state index in [1.807, 2.05) is 19.1 Å². The number of aliphatic hydroxyl groups is 2. The summed E-state index contributed by atoms with van der Waals surface area (Å²) in [4.78, 5) is 20.4. The molecule has 1 aromatic heterocycles. The van der Waals surface area contributed by atoms with Gasteiger partial charge in [0.05, 0.1) is 6.54 Å². The number of hydrogen-bond donors (Lipinski definition) is 2. The van der Waals surface area contributed by atoms with E-state index in [9.17, 15) is 9.90 Å². The van der Waals surface area contributed by atoms with Crippen molar-refractivity contribution in [2.24, 2.45) is 0 Å². The monoisotopic (exact) mass is 412 g/mol. The van der Waals surface area contributed by atoms with Crippen LogP contribution >= 0.6 is 23.2 Å². The van der Waals surface area contributed by atoms with Gasteiger partial charge in [-0.15, -0.1) is 0 Å². The smallest absolute Gasteiger partial charge is 0.277 e. The van der Waals surface area contributed by atoms with Gasteiger partial charge in [-0.1, -0.05) is 30.7 Å². The fourth-order valence-electron chi connectivity index (χ4n) is 3.18. The number of benzene rings is 1. The van der Waals surface area contributed by atoms with Crippen LogP contribution in [-0.2, 0) is 6.54 Å². The second-order valence-corrected chi connectivity index (χ2v) is 7.16. The quantitative estimate of drug-likeness (QED) is 0.729. The van der Waals surface area contributed by atoms with E-state index in [4.69, 9.17) is 28.3 Å². The predicted molar refractivity (Wildman–Crippen MR) is 104 cm³/mol. The summed E-state index contributed by atoms with van der Waals surface area (Å²) >= 11 is 12.3. The van der Waals surface area contributed by atoms with Crippen LogP contribution in [0, 0.1) is 0 Å². The molecule has 1 aliphatic heterocycles. The summed E-state index contributed by atoms with van der Waals surface area (Å²) < 4.78 is 1.64. The Balaban J connectivity index is 2.02. The zero-order valence-corrected chi connectivity index (χ0v) is 16.5. The minimum Gasteiger partial charge on any atom is -0.396 e. The van der Waals surface area contributed by atoms with E-state index in [0.717, 1.165) is 12.0 Å². The predicted octanol–water partition coefficient (Wildman–Crippen LogP) is 2.57. The largest absolute Gasteiger partial charge is 0.396 e. The Bertz CT molecular complexity index is 810. The number of aliphatic hydroxyl groups excluding tert-OH is 2. The molecule has 146 valence electrons. The molecule has 2 aromatic rings. The average molecular weight is 413 g/mol. The van der Waals surface area contributed by atoms with E-state index in [1.165, 1.54) is 4.90 Å². The van der Waals surface area contributed by atoms with Gasteiger partial charge in [-0.2, -0.15) is 4.98 Å². The highest BCUT2D eigenvalue weighted by molar-refractivity contribution is 6.30. The maximum absolute atomic E-state index is 13.1. The Morgan fingerprint density at radius 2 is 1.85 bits per heavy atom. The first-order valence-electron chi connectivity index (χ1n) is 8.85. The zero-order valence-electron chi connectivity index (χ0n) is 15.0. The van der Waals surface area contributed by atoms with Crippen LogP contribution in [0.4, 0.5) is 5.82 Å². The standard InChI is InChI=1S/C18H22Cl2N4O3/c1-2-8-22-15-14(16(26)23(18(22)27)9-3-10-25)24(17(20)21-15)11-12-4-6-13(19)7-5-12/h4-7,18,25,27H,2-3,8-11H2,1H3. The lowest BCUT2D eigenvalue weighted by Gasteiger charge is -2.40. The van der Waals surface area contributed by atoms with E-state index in [0.29, 0.717) is 36.0 Å². The molecule has 0 bridgehead atoms. The fourth-order valence-corrected chi connectivity index (χ4v) is 3.53. The highest BCUT2D eigenvalue weighted by atomic mass is 35.5. The van der Waals surface area contributed by atoms with Crippen molar-refractivity contribution >= 4 is 34.9 Å². The SMILES string of the molecule is CCCN1c2nc(Cl)n(Cc3ccc(Cl)cc3)c2C(=O)N(CCCO)C1O. The molecule has 1 aromatic carbocycles. The molecule has 0 aliphatic carbocycles. The summed E-state index contributed by atoms with van der Waals surface area (Å²) in [5.41, 5.74) is 1.26. The maximum Gasteiger partial charge on any atom is 0.277 e. The fraction of sp³-hybridized carbons (Fsp3) is 0.444. The second kappa shape index (κ2) is 8.48. The van der Waals surface area contributed by atoms with E-state index >= 15 is 0 Å². The second-order valence-electron chi connectivity index (χ2n) is 6.38. The number of halogens is 2. The number of carbonyl (C=O) groups is 1. The molecular formula is C18H22Cl2N4O3. The molecule has 1 amide bonds. The van der Waals surface area contributed by atoms with Gasteiger partial charge in [0, 0.05) is 24.7 Å². The van der Waals surface area contributed by atoms with Crippen molar-refractivity contribution in [3.8, 4) is 0 Å². The zero-order chi connectivity index (χ0) is 19.6. The Morgan fingerprint density at radius 1 is 1.15 bits per heavy atom. The molecule has 0 radical (unpaired) electrons. The summed E-state index contributed by atoms with van der Waals surface area (Å²) in [5.74, 6) is 0.0280. The number of fused-ring (bicyclic) bond motifs is 1. The van der Waals surface area contributed by atoms with Gasteiger partial charge in [-0.3, -0.25) is 9.69 Å². The van der Waals surface area contributed by atoms with Crippen molar-refractivity contribution in [3.05, 3.63) is 45.8 Å². The van der Waals surface area contributed by atoms with Gasteiger partial charge in [-0.05, 0) is 42.1 Å². The van der Waals surface area contributed by atoms with Crippen molar-refractivity contribution in [2.45, 2.75) is 32.7 Å². The van der Waals surface area contributed by atoms with Crippen molar-refractivity contribution in [3.63, 3.8) is 0 Å². The van der Waals surface area contributed by atoms with Crippen molar-refractivity contribution in [2.75, 3.05) is 24.6 Å². The summed E-state index contributed by atoms with van der Waals surface area (Å²) in [6.45, 7) is 3.02. The molecule has 7 nitrogen and oxygen atoms in total. The highest BCUT2D eigenvalue weighted by Gasteiger charge is 2.40. The van der Waals surface area contributed by atoms with Crippen LogP contribution in [0.15, 0.2) is 24.3 Å². The van der Waals surface area contributed by atoms with Crippen molar-refractivity contribution in [1.29, 1.82) is 0 Å². The van der Waals surface area contributed by atoms with Crippen LogP contribution in [0.2, 0.25) is 10.3 Å². The first-order valence-corrected chi connectivity index (χ1v) is 9.60. The Kier molecular flexibility index (Phi) is 6.26. The third-order valence-electron chi connectivity index (χ3n) is 4.47. The highest BCUT2D eigenvalue weighted by Crippen LogP contribution is 2.33. The van der Waals surface area contributed by atoms with E-state index < -0.39 is 6.35 Å². The first kappa shape index (κ1) is 19.9. The lowest BCUT2D eigenvalue weighted by atomic mass is 10.2. The number of anilines is 1. The number of carbonyl (C=O) groups excluding carboxylic acids is 1. The molecule has 0 saturated carbocycles. The van der Waals surface area contributed by atoms with Crippen LogP contribution in [0.25, 0.3) is 0 Å². The van der Waals surface area contributed by atoms with E-state index in [2.05, 4.69) is 4.98 Å². The molecular weight excluding hydrogens is 391 g/mol. The summed E-state index contributed by atoms with van der Waals surface area (Å²) in [6.07, 6.45) is 0.00334. The van der Waals surface area contributed by atoms with Crippen molar-refractivity contribution < 1.29 is 15.0 Å². The molecule has 0 saturated heterocycles. The molecule has 1 unspecified atom stereocenters. The van der Waals surface area contributed by atoms with Gasteiger partial charge in [0.15, 0.2) is 11.5 Å². The third-order valence-corrected chi connectivity index (χ3v) is 5.01. The lowest BCUT2D eigenvalue weighted by Crippen LogP contribution is -2.56. The molecule has 3 rings (SSSR count). The number of rotatable bonds is 7. The van der Waals surface area contributed by atoms with Gasteiger partial charge in [0.2, 0.25) is 11.6 Å². The third kappa shape index (κ3) is 3.91. The number of hydrogen-bond acceptors (Lipinski definition) is 5.